The van der Waals surface area contributed by atoms with Crippen molar-refractivity contribution in [2.75, 3.05) is 6.54 Å². The van der Waals surface area contributed by atoms with Crippen molar-refractivity contribution in [1.29, 1.82) is 0 Å². The van der Waals surface area contributed by atoms with Gasteiger partial charge in [-0.05, 0) is 35.7 Å². The first-order valence-electron chi connectivity index (χ1n) is 9.98. The van der Waals surface area contributed by atoms with E-state index in [1.807, 2.05) is 31.8 Å². The summed E-state index contributed by atoms with van der Waals surface area (Å²) in [6.07, 6.45) is 2.73. The summed E-state index contributed by atoms with van der Waals surface area (Å²) in [6.45, 7) is 4.42. The van der Waals surface area contributed by atoms with E-state index in [1.54, 1.807) is 16.2 Å². The minimum Gasteiger partial charge on any atom is -0.354 e. The Labute approximate surface area is 186 Å². The number of rotatable bonds is 3. The second-order valence-electron chi connectivity index (χ2n) is 7.84. The fraction of sp³-hybridized carbons (Fsp3) is 0.273. The topological polar surface area (TPSA) is 77.1 Å². The second kappa shape index (κ2) is 7.63. The number of hydrogen-bond donors (Lipinski definition) is 0. The quantitative estimate of drug-likeness (QED) is 0.456. The second-order valence-corrected chi connectivity index (χ2v) is 8.58. The number of carbonyl (C=O) groups excluding carboxylic acids is 1. The lowest BCUT2D eigenvalue weighted by atomic mass is 9.84. The zero-order valence-electron chi connectivity index (χ0n) is 17.5. The van der Waals surface area contributed by atoms with Gasteiger partial charge in [-0.15, -0.1) is 0 Å². The highest BCUT2D eigenvalue weighted by molar-refractivity contribution is 7.08. The lowest BCUT2D eigenvalue weighted by molar-refractivity contribution is 0.0655. The summed E-state index contributed by atoms with van der Waals surface area (Å²) < 4.78 is 34.2. The van der Waals surface area contributed by atoms with Crippen LogP contribution in [-0.2, 0) is 7.05 Å². The number of nitrogens with zero attached hydrogens (tertiary/aromatic N) is 5. The first kappa shape index (κ1) is 20.5. The highest BCUT2D eigenvalue weighted by Crippen LogP contribution is 2.42. The van der Waals surface area contributed by atoms with Gasteiger partial charge in [-0.1, -0.05) is 5.16 Å². The van der Waals surface area contributed by atoms with Crippen LogP contribution in [0.2, 0.25) is 0 Å². The highest BCUT2D eigenvalue weighted by Gasteiger charge is 2.37. The molecule has 0 fully saturated rings. The van der Waals surface area contributed by atoms with Gasteiger partial charge in [-0.2, -0.15) is 16.4 Å². The van der Waals surface area contributed by atoms with Crippen LogP contribution in [0.5, 0.6) is 0 Å². The van der Waals surface area contributed by atoms with Crippen molar-refractivity contribution < 1.29 is 18.1 Å². The summed E-state index contributed by atoms with van der Waals surface area (Å²) in [5.41, 5.74) is 4.22. The van der Waals surface area contributed by atoms with Crippen LogP contribution in [0.15, 0.2) is 39.8 Å². The van der Waals surface area contributed by atoms with Crippen LogP contribution in [0.4, 0.5) is 8.78 Å². The maximum absolute atomic E-state index is 14.1. The van der Waals surface area contributed by atoms with Gasteiger partial charge in [0.1, 0.15) is 11.5 Å². The number of pyridine rings is 1. The van der Waals surface area contributed by atoms with E-state index in [1.165, 1.54) is 11.6 Å². The molecule has 5 rings (SSSR count). The van der Waals surface area contributed by atoms with Crippen molar-refractivity contribution in [3.63, 3.8) is 0 Å². The summed E-state index contributed by atoms with van der Waals surface area (Å²) in [4.78, 5) is 18.9. The molecule has 0 N–H and O–H groups in total. The van der Waals surface area contributed by atoms with Gasteiger partial charge in [0.2, 0.25) is 0 Å². The molecule has 0 saturated carbocycles. The molecule has 32 heavy (non-hydrogen) atoms. The van der Waals surface area contributed by atoms with Gasteiger partial charge in [-0.25, -0.2) is 13.8 Å². The molecular formula is C22H19F2N5O2S. The largest absolute Gasteiger partial charge is 0.354 e. The molecule has 1 aliphatic heterocycles. The van der Waals surface area contributed by atoms with E-state index in [-0.39, 0.29) is 35.0 Å². The normalized spacial score (nSPS) is 18.1. The highest BCUT2D eigenvalue weighted by atomic mass is 32.1. The molecule has 0 aromatic carbocycles. The van der Waals surface area contributed by atoms with Gasteiger partial charge < -0.3 is 9.42 Å². The predicted molar refractivity (Wildman–Crippen MR) is 113 cm³/mol. The molecule has 0 bridgehead atoms. The van der Waals surface area contributed by atoms with Crippen LogP contribution in [0, 0.1) is 18.6 Å². The fourth-order valence-electron chi connectivity index (χ4n) is 4.17. The van der Waals surface area contributed by atoms with Crippen molar-refractivity contribution in [3.8, 4) is 11.5 Å². The first-order chi connectivity index (χ1) is 15.3. The van der Waals surface area contributed by atoms with Crippen molar-refractivity contribution in [1.82, 2.24) is 24.8 Å². The van der Waals surface area contributed by atoms with Gasteiger partial charge in [0.15, 0.2) is 17.3 Å². The third-order valence-corrected chi connectivity index (χ3v) is 6.86. The number of halogens is 2. The summed E-state index contributed by atoms with van der Waals surface area (Å²) >= 11 is 1.60. The van der Waals surface area contributed by atoms with Gasteiger partial charge in [0, 0.05) is 42.9 Å². The Kier molecular flexibility index (Phi) is 4.89. The van der Waals surface area contributed by atoms with Crippen molar-refractivity contribution in [3.05, 3.63) is 75.0 Å². The van der Waals surface area contributed by atoms with Crippen LogP contribution in [0.1, 0.15) is 51.8 Å². The van der Waals surface area contributed by atoms with Crippen LogP contribution < -0.4 is 0 Å². The molecule has 0 radical (unpaired) electrons. The minimum absolute atomic E-state index is 0.0207. The fourth-order valence-corrected chi connectivity index (χ4v) is 5.17. The molecule has 164 valence electrons. The maximum Gasteiger partial charge on any atom is 0.276 e. The average molecular weight is 455 g/mol. The molecule has 0 spiro atoms. The monoisotopic (exact) mass is 455 g/mol. The zero-order valence-corrected chi connectivity index (χ0v) is 18.4. The first-order valence-corrected chi connectivity index (χ1v) is 10.9. The van der Waals surface area contributed by atoms with E-state index in [2.05, 4.69) is 26.0 Å². The molecular weight excluding hydrogens is 436 g/mol. The third-order valence-electron chi connectivity index (χ3n) is 6.08. The number of fused-ring (bicyclic) bond motifs is 1. The van der Waals surface area contributed by atoms with Crippen LogP contribution in [0.3, 0.4) is 0 Å². The van der Waals surface area contributed by atoms with Crippen molar-refractivity contribution in [2.24, 2.45) is 7.05 Å². The van der Waals surface area contributed by atoms with Crippen LogP contribution in [0.25, 0.3) is 11.5 Å². The number of hydrogen-bond acceptors (Lipinski definition) is 6. The van der Waals surface area contributed by atoms with Crippen LogP contribution in [-0.4, -0.2) is 37.3 Å². The van der Waals surface area contributed by atoms with E-state index < -0.39 is 11.6 Å². The van der Waals surface area contributed by atoms with Crippen molar-refractivity contribution >= 4 is 17.2 Å². The molecule has 0 aliphatic carbocycles. The molecule has 1 amide bonds. The van der Waals surface area contributed by atoms with E-state index in [0.29, 0.717) is 12.6 Å². The smallest absolute Gasteiger partial charge is 0.276 e. The van der Waals surface area contributed by atoms with Gasteiger partial charge in [0.25, 0.3) is 5.91 Å². The SMILES string of the molecule is Cc1c(C2CN(C(=O)c3cc(-c4ncc(F)cc4F)on3)C(C)c3cscc32)cnn1C. The number of aryl methyl sites for hydroxylation is 1. The van der Waals surface area contributed by atoms with Gasteiger partial charge >= 0.3 is 0 Å². The zero-order chi connectivity index (χ0) is 22.6. The molecule has 7 nitrogen and oxygen atoms in total. The maximum atomic E-state index is 14.1. The molecule has 4 aromatic rings. The average Bonchev–Trinajstić information content (AvgIpc) is 3.50. The Morgan fingerprint density at radius 1 is 1.19 bits per heavy atom. The molecule has 1 aliphatic rings. The Bertz CT molecular complexity index is 1330. The third kappa shape index (κ3) is 3.22. The molecule has 2 unspecified atom stereocenters. The number of thiophene rings is 1. The predicted octanol–water partition coefficient (Wildman–Crippen LogP) is 4.47. The van der Waals surface area contributed by atoms with Crippen LogP contribution >= 0.6 is 11.3 Å². The van der Waals surface area contributed by atoms with Gasteiger partial charge in [0.05, 0.1) is 18.4 Å². The van der Waals surface area contributed by atoms with Gasteiger partial charge in [-0.3, -0.25) is 9.48 Å². The summed E-state index contributed by atoms with van der Waals surface area (Å²) in [6, 6.07) is 1.88. The van der Waals surface area contributed by atoms with E-state index in [0.717, 1.165) is 23.0 Å². The Morgan fingerprint density at radius 2 is 1.97 bits per heavy atom. The lowest BCUT2D eigenvalue weighted by Crippen LogP contribution is -2.41. The standard InChI is InChI=1S/C22H19F2N5O2S/c1-11-14(7-26-28(11)3)15-8-29(12(2)16-9-32-10-17(15)16)22(30)19-5-20(31-27-19)21-18(24)4-13(23)6-25-21/h4-7,9-10,12,15H,8H2,1-3H3. The minimum atomic E-state index is -0.887. The number of amides is 1. The lowest BCUT2D eigenvalue weighted by Gasteiger charge is -2.38. The summed E-state index contributed by atoms with van der Waals surface area (Å²) in [5, 5.41) is 12.4. The summed E-state index contributed by atoms with van der Waals surface area (Å²) in [5.74, 6) is -2.08. The number of aromatic nitrogens is 4. The number of carbonyl (C=O) groups is 1. The molecule has 10 heteroatoms. The van der Waals surface area contributed by atoms with E-state index >= 15 is 0 Å². The molecule has 4 aromatic heterocycles. The molecule has 0 saturated heterocycles. The van der Waals surface area contributed by atoms with E-state index in [4.69, 9.17) is 4.52 Å². The molecule has 2 atom stereocenters. The summed E-state index contributed by atoms with van der Waals surface area (Å²) in [7, 11) is 1.89. The Hall–Kier alpha value is -3.40. The Balaban J connectivity index is 1.49. The Morgan fingerprint density at radius 3 is 2.69 bits per heavy atom. The van der Waals surface area contributed by atoms with E-state index in [9.17, 15) is 13.6 Å². The molecule has 5 heterocycles. The van der Waals surface area contributed by atoms with Crippen molar-refractivity contribution in [2.45, 2.75) is 25.8 Å².